The van der Waals surface area contributed by atoms with E-state index < -0.39 is 4.92 Å². The zero-order valence-electron chi connectivity index (χ0n) is 14.1. The van der Waals surface area contributed by atoms with E-state index in [0.717, 1.165) is 25.4 Å². The number of aromatic nitrogens is 2. The monoisotopic (exact) mass is 347 g/mol. The molecule has 0 atom stereocenters. The lowest BCUT2D eigenvalue weighted by Crippen LogP contribution is -2.48. The number of furan rings is 1. The van der Waals surface area contributed by atoms with Gasteiger partial charge in [-0.25, -0.2) is 0 Å². The van der Waals surface area contributed by atoms with Crippen molar-refractivity contribution in [1.82, 2.24) is 19.6 Å². The third kappa shape index (κ3) is 4.05. The number of hydrogen-bond acceptors (Lipinski definition) is 6. The zero-order chi connectivity index (χ0) is 17.8. The minimum atomic E-state index is -0.459. The van der Waals surface area contributed by atoms with Crippen molar-refractivity contribution in [2.24, 2.45) is 0 Å². The number of nitrogens with zero attached hydrogens (tertiary/aromatic N) is 5. The molecule has 0 aromatic carbocycles. The van der Waals surface area contributed by atoms with Crippen molar-refractivity contribution < 1.29 is 14.1 Å². The van der Waals surface area contributed by atoms with E-state index in [9.17, 15) is 14.9 Å². The van der Waals surface area contributed by atoms with Gasteiger partial charge in [-0.1, -0.05) is 0 Å². The van der Waals surface area contributed by atoms with Crippen molar-refractivity contribution in [1.29, 1.82) is 0 Å². The highest BCUT2D eigenvalue weighted by molar-refractivity contribution is 5.76. The topological polar surface area (TPSA) is 97.6 Å². The number of carbonyl (C=O) groups excluding carboxylic acids is 1. The molecule has 1 fully saturated rings. The molecule has 0 bridgehead atoms. The molecule has 1 aliphatic rings. The van der Waals surface area contributed by atoms with Gasteiger partial charge in [0.15, 0.2) is 0 Å². The molecule has 2 aromatic rings. The Hall–Kier alpha value is -2.68. The highest BCUT2D eigenvalue weighted by Crippen LogP contribution is 2.16. The number of piperazine rings is 1. The summed E-state index contributed by atoms with van der Waals surface area (Å²) in [6.07, 6.45) is 3.18. The van der Waals surface area contributed by atoms with Crippen LogP contribution in [-0.2, 0) is 17.9 Å². The van der Waals surface area contributed by atoms with Crippen LogP contribution in [0.15, 0.2) is 29.0 Å². The summed E-state index contributed by atoms with van der Waals surface area (Å²) in [7, 11) is 0. The molecule has 1 amide bonds. The predicted octanol–water partition coefficient (Wildman–Crippen LogP) is 1.43. The Bertz CT molecular complexity index is 732. The summed E-state index contributed by atoms with van der Waals surface area (Å²) < 4.78 is 6.87. The van der Waals surface area contributed by atoms with Crippen LogP contribution >= 0.6 is 0 Å². The highest BCUT2D eigenvalue weighted by atomic mass is 16.6. The van der Waals surface area contributed by atoms with Crippen LogP contribution in [-0.4, -0.2) is 56.6 Å². The number of carbonyl (C=O) groups is 1. The average molecular weight is 347 g/mol. The SMILES string of the molecule is Cc1c([N+](=O)[O-])cnn1CCC(=O)N1CCN(Cc2ccco2)CC1. The molecule has 1 saturated heterocycles. The lowest BCUT2D eigenvalue weighted by molar-refractivity contribution is -0.385. The van der Waals surface area contributed by atoms with E-state index >= 15 is 0 Å². The average Bonchev–Trinajstić information content (AvgIpc) is 3.23. The first kappa shape index (κ1) is 17.2. The van der Waals surface area contributed by atoms with Gasteiger partial charge in [-0.3, -0.25) is 24.5 Å². The maximum absolute atomic E-state index is 12.4. The largest absolute Gasteiger partial charge is 0.468 e. The number of amides is 1. The first-order chi connectivity index (χ1) is 12.0. The normalized spacial score (nSPS) is 15.5. The molecule has 134 valence electrons. The van der Waals surface area contributed by atoms with E-state index in [1.54, 1.807) is 13.2 Å². The predicted molar refractivity (Wildman–Crippen MR) is 88.8 cm³/mol. The van der Waals surface area contributed by atoms with Crippen LogP contribution in [0.1, 0.15) is 17.9 Å². The maximum atomic E-state index is 12.4. The molecule has 0 saturated carbocycles. The fraction of sp³-hybridized carbons (Fsp3) is 0.500. The molecule has 25 heavy (non-hydrogen) atoms. The molecule has 0 N–H and O–H groups in total. The van der Waals surface area contributed by atoms with Gasteiger partial charge in [0.2, 0.25) is 5.91 Å². The van der Waals surface area contributed by atoms with Gasteiger partial charge in [0, 0.05) is 32.6 Å². The Morgan fingerprint density at radius 2 is 2.12 bits per heavy atom. The fourth-order valence-electron chi connectivity index (χ4n) is 2.98. The van der Waals surface area contributed by atoms with Crippen molar-refractivity contribution in [3.63, 3.8) is 0 Å². The summed E-state index contributed by atoms with van der Waals surface area (Å²) in [4.78, 5) is 26.8. The highest BCUT2D eigenvalue weighted by Gasteiger charge is 2.22. The van der Waals surface area contributed by atoms with Gasteiger partial charge in [0.25, 0.3) is 0 Å². The van der Waals surface area contributed by atoms with Crippen molar-refractivity contribution >= 4 is 11.6 Å². The first-order valence-corrected chi connectivity index (χ1v) is 8.24. The molecule has 0 aliphatic carbocycles. The summed E-state index contributed by atoms with van der Waals surface area (Å²) in [5.74, 6) is 0.978. The van der Waals surface area contributed by atoms with Gasteiger partial charge in [-0.05, 0) is 19.1 Å². The van der Waals surface area contributed by atoms with E-state index in [0.29, 0.717) is 25.3 Å². The van der Waals surface area contributed by atoms with Gasteiger partial charge in [-0.2, -0.15) is 5.10 Å². The molecule has 0 radical (unpaired) electrons. The third-order valence-electron chi connectivity index (χ3n) is 4.50. The summed E-state index contributed by atoms with van der Waals surface area (Å²) >= 11 is 0. The number of hydrogen-bond donors (Lipinski definition) is 0. The third-order valence-corrected chi connectivity index (χ3v) is 4.50. The summed E-state index contributed by atoms with van der Waals surface area (Å²) in [5, 5.41) is 14.8. The van der Waals surface area contributed by atoms with E-state index in [4.69, 9.17) is 4.42 Å². The second-order valence-electron chi connectivity index (χ2n) is 6.08. The van der Waals surface area contributed by atoms with Crippen LogP contribution in [0, 0.1) is 17.0 Å². The van der Waals surface area contributed by atoms with Crippen LogP contribution < -0.4 is 0 Å². The Balaban J connectivity index is 1.46. The molecule has 9 nitrogen and oxygen atoms in total. The van der Waals surface area contributed by atoms with Crippen LogP contribution in [0.5, 0.6) is 0 Å². The lowest BCUT2D eigenvalue weighted by Gasteiger charge is -2.34. The molecular formula is C16H21N5O4. The Kier molecular flexibility index (Phi) is 5.13. The van der Waals surface area contributed by atoms with E-state index in [1.807, 2.05) is 17.0 Å². The maximum Gasteiger partial charge on any atom is 0.309 e. The second kappa shape index (κ2) is 7.47. The fourth-order valence-corrected chi connectivity index (χ4v) is 2.98. The Morgan fingerprint density at radius 3 is 2.72 bits per heavy atom. The quantitative estimate of drug-likeness (QED) is 0.579. The van der Waals surface area contributed by atoms with Crippen LogP contribution in [0.3, 0.4) is 0 Å². The smallest absolute Gasteiger partial charge is 0.309 e. The number of rotatable bonds is 6. The molecule has 0 unspecified atom stereocenters. The lowest BCUT2D eigenvalue weighted by atomic mass is 10.2. The zero-order valence-corrected chi connectivity index (χ0v) is 14.1. The Morgan fingerprint density at radius 1 is 1.36 bits per heavy atom. The van der Waals surface area contributed by atoms with E-state index in [-0.39, 0.29) is 18.0 Å². The van der Waals surface area contributed by atoms with Crippen LogP contribution in [0.4, 0.5) is 5.69 Å². The first-order valence-electron chi connectivity index (χ1n) is 8.24. The van der Waals surface area contributed by atoms with E-state index in [2.05, 4.69) is 10.00 Å². The Labute approximate surface area is 145 Å². The van der Waals surface area contributed by atoms with Gasteiger partial charge in [-0.15, -0.1) is 0 Å². The summed E-state index contributed by atoms with van der Waals surface area (Å²) in [5.41, 5.74) is 0.458. The molecular weight excluding hydrogens is 326 g/mol. The molecule has 2 aromatic heterocycles. The van der Waals surface area contributed by atoms with E-state index in [1.165, 1.54) is 10.9 Å². The minimum absolute atomic E-state index is 0.0148. The standard InChI is InChI=1S/C16H21N5O4/c1-13-15(21(23)24)11-17-20(13)5-4-16(22)19-8-6-18(7-9-19)12-14-3-2-10-25-14/h2-3,10-11H,4-9,12H2,1H3. The molecule has 3 rings (SSSR count). The van der Waals surface area contributed by atoms with Gasteiger partial charge >= 0.3 is 5.69 Å². The van der Waals surface area contributed by atoms with Crippen molar-refractivity contribution in [3.05, 3.63) is 46.2 Å². The van der Waals surface area contributed by atoms with Gasteiger partial charge in [0.1, 0.15) is 17.7 Å². The van der Waals surface area contributed by atoms with Crippen LogP contribution in [0.2, 0.25) is 0 Å². The van der Waals surface area contributed by atoms with Gasteiger partial charge < -0.3 is 9.32 Å². The summed E-state index contributed by atoms with van der Waals surface area (Å²) in [6.45, 7) is 5.71. The van der Waals surface area contributed by atoms with Gasteiger partial charge in [0.05, 0.1) is 24.3 Å². The minimum Gasteiger partial charge on any atom is -0.468 e. The second-order valence-corrected chi connectivity index (χ2v) is 6.08. The molecule has 0 spiro atoms. The van der Waals surface area contributed by atoms with Crippen molar-refractivity contribution in [2.45, 2.75) is 26.4 Å². The van der Waals surface area contributed by atoms with Crippen molar-refractivity contribution in [3.8, 4) is 0 Å². The number of nitro groups is 1. The molecule has 1 aliphatic heterocycles. The molecule has 3 heterocycles. The van der Waals surface area contributed by atoms with Crippen molar-refractivity contribution in [2.75, 3.05) is 26.2 Å². The number of aryl methyl sites for hydroxylation is 1. The molecule has 9 heteroatoms. The van der Waals surface area contributed by atoms with Crippen LogP contribution in [0.25, 0.3) is 0 Å². The summed E-state index contributed by atoms with van der Waals surface area (Å²) in [6, 6.07) is 3.82.